The fraction of sp³-hybridized carbons (Fsp3) is 0.0714. The molecule has 0 aromatic heterocycles. The van der Waals surface area contributed by atoms with Gasteiger partial charge in [0.1, 0.15) is 5.75 Å². The van der Waals surface area contributed by atoms with Gasteiger partial charge in [0.25, 0.3) is 0 Å². The molecule has 0 saturated heterocycles. The van der Waals surface area contributed by atoms with Gasteiger partial charge in [0.15, 0.2) is 0 Å². The molecule has 2 aromatic carbocycles. The number of nitrogens with one attached hydrogen (secondary N) is 1. The molecular weight excluding hydrogens is 228 g/mol. The van der Waals surface area contributed by atoms with Crippen LogP contribution in [0.15, 0.2) is 48.5 Å². The van der Waals surface area contributed by atoms with Gasteiger partial charge in [-0.1, -0.05) is 18.2 Å². The number of carbonyl (C=O) groups is 1. The predicted octanol–water partition coefficient (Wildman–Crippen LogP) is 2.16. The summed E-state index contributed by atoms with van der Waals surface area (Å²) in [6.07, 6.45) is 0.136. The molecule has 1 amide bonds. The second-order valence-electron chi connectivity index (χ2n) is 3.98. The zero-order valence-electron chi connectivity index (χ0n) is 9.76. The third kappa shape index (κ3) is 3.01. The molecule has 2 aromatic rings. The summed E-state index contributed by atoms with van der Waals surface area (Å²) in [5, 5.41) is 12.3. The average molecular weight is 242 g/mol. The lowest BCUT2D eigenvalue weighted by atomic mass is 10.1. The summed E-state index contributed by atoms with van der Waals surface area (Å²) < 4.78 is 0. The van der Waals surface area contributed by atoms with Crippen LogP contribution < -0.4 is 11.1 Å². The standard InChI is InChI=1S/C14H14N2O2/c15-11-5-7-12(8-6-11)16-14(18)9-10-3-1-2-4-13(10)17/h1-8,17H,9,15H2,(H,16,18). The number of amides is 1. The molecule has 0 heterocycles. The Morgan fingerprint density at radius 2 is 1.78 bits per heavy atom. The monoisotopic (exact) mass is 242 g/mol. The van der Waals surface area contributed by atoms with Crippen molar-refractivity contribution < 1.29 is 9.90 Å². The molecule has 0 aliphatic carbocycles. The summed E-state index contributed by atoms with van der Waals surface area (Å²) in [6.45, 7) is 0. The van der Waals surface area contributed by atoms with Crippen LogP contribution in [0.2, 0.25) is 0 Å². The van der Waals surface area contributed by atoms with Crippen LogP contribution in [-0.4, -0.2) is 11.0 Å². The fourth-order valence-electron chi connectivity index (χ4n) is 1.60. The molecule has 0 fully saturated rings. The van der Waals surface area contributed by atoms with Crippen molar-refractivity contribution >= 4 is 17.3 Å². The van der Waals surface area contributed by atoms with Crippen molar-refractivity contribution in [1.29, 1.82) is 0 Å². The quantitative estimate of drug-likeness (QED) is 0.722. The lowest BCUT2D eigenvalue weighted by Crippen LogP contribution is -2.14. The van der Waals surface area contributed by atoms with E-state index in [0.717, 1.165) is 0 Å². The number of nitrogens with two attached hydrogens (primary N) is 1. The van der Waals surface area contributed by atoms with Crippen molar-refractivity contribution in [1.82, 2.24) is 0 Å². The molecule has 18 heavy (non-hydrogen) atoms. The number of aromatic hydroxyl groups is 1. The number of hydrogen-bond donors (Lipinski definition) is 3. The zero-order valence-corrected chi connectivity index (χ0v) is 9.76. The van der Waals surface area contributed by atoms with Crippen molar-refractivity contribution in [2.24, 2.45) is 0 Å². The Kier molecular flexibility index (Phi) is 3.48. The number of carbonyl (C=O) groups excluding carboxylic acids is 1. The van der Waals surface area contributed by atoms with Gasteiger partial charge in [0, 0.05) is 16.9 Å². The van der Waals surface area contributed by atoms with Gasteiger partial charge < -0.3 is 16.2 Å². The van der Waals surface area contributed by atoms with Gasteiger partial charge in [-0.3, -0.25) is 4.79 Å². The summed E-state index contributed by atoms with van der Waals surface area (Å²) in [4.78, 5) is 11.8. The Balaban J connectivity index is 2.01. The first-order chi connectivity index (χ1) is 8.65. The Bertz CT molecular complexity index is 550. The number of para-hydroxylation sites is 1. The zero-order chi connectivity index (χ0) is 13.0. The van der Waals surface area contributed by atoms with Crippen LogP contribution in [0.5, 0.6) is 5.75 Å². The van der Waals surface area contributed by atoms with E-state index in [-0.39, 0.29) is 18.1 Å². The number of phenols is 1. The minimum Gasteiger partial charge on any atom is -0.508 e. The highest BCUT2D eigenvalue weighted by atomic mass is 16.3. The summed E-state index contributed by atoms with van der Waals surface area (Å²) in [6, 6.07) is 13.7. The van der Waals surface area contributed by atoms with Crippen LogP contribution in [0.25, 0.3) is 0 Å². The molecule has 4 N–H and O–H groups in total. The molecule has 4 heteroatoms. The van der Waals surface area contributed by atoms with Gasteiger partial charge in [-0.15, -0.1) is 0 Å². The molecule has 4 nitrogen and oxygen atoms in total. The topological polar surface area (TPSA) is 75.3 Å². The number of rotatable bonds is 3. The highest BCUT2D eigenvalue weighted by Gasteiger charge is 2.07. The average Bonchev–Trinajstić information content (AvgIpc) is 2.35. The van der Waals surface area contributed by atoms with Crippen molar-refractivity contribution in [3.63, 3.8) is 0 Å². The van der Waals surface area contributed by atoms with Crippen molar-refractivity contribution in [2.75, 3.05) is 11.1 Å². The molecule has 0 saturated carbocycles. The van der Waals surface area contributed by atoms with Crippen molar-refractivity contribution in [2.45, 2.75) is 6.42 Å². The number of benzene rings is 2. The van der Waals surface area contributed by atoms with Crippen LogP contribution in [0.3, 0.4) is 0 Å². The Labute approximate surface area is 105 Å². The van der Waals surface area contributed by atoms with E-state index in [1.165, 1.54) is 0 Å². The first-order valence-electron chi connectivity index (χ1n) is 5.57. The minimum absolute atomic E-state index is 0.130. The van der Waals surface area contributed by atoms with Gasteiger partial charge in [-0.05, 0) is 30.3 Å². The van der Waals surface area contributed by atoms with Crippen LogP contribution in [0.4, 0.5) is 11.4 Å². The summed E-state index contributed by atoms with van der Waals surface area (Å²) in [5.74, 6) is -0.0498. The molecule has 0 spiro atoms. The molecule has 0 radical (unpaired) electrons. The Hall–Kier alpha value is -2.49. The Morgan fingerprint density at radius 1 is 1.11 bits per heavy atom. The van der Waals surface area contributed by atoms with Crippen molar-refractivity contribution in [3.05, 3.63) is 54.1 Å². The van der Waals surface area contributed by atoms with E-state index in [1.54, 1.807) is 48.5 Å². The van der Waals surface area contributed by atoms with E-state index in [1.807, 2.05) is 0 Å². The third-order valence-electron chi connectivity index (χ3n) is 2.54. The van der Waals surface area contributed by atoms with E-state index >= 15 is 0 Å². The minimum atomic E-state index is -0.179. The Morgan fingerprint density at radius 3 is 2.44 bits per heavy atom. The number of phenolic OH excluding ortho intramolecular Hbond substituents is 1. The van der Waals surface area contributed by atoms with E-state index in [4.69, 9.17) is 5.73 Å². The van der Waals surface area contributed by atoms with E-state index in [9.17, 15) is 9.90 Å². The summed E-state index contributed by atoms with van der Waals surface area (Å²) >= 11 is 0. The van der Waals surface area contributed by atoms with E-state index < -0.39 is 0 Å². The molecule has 92 valence electrons. The predicted molar refractivity (Wildman–Crippen MR) is 71.3 cm³/mol. The first-order valence-corrected chi connectivity index (χ1v) is 5.57. The van der Waals surface area contributed by atoms with E-state index in [2.05, 4.69) is 5.32 Å². The van der Waals surface area contributed by atoms with Crippen LogP contribution in [0.1, 0.15) is 5.56 Å². The van der Waals surface area contributed by atoms with Gasteiger partial charge in [-0.2, -0.15) is 0 Å². The molecule has 0 aliphatic heterocycles. The molecular formula is C14H14N2O2. The van der Waals surface area contributed by atoms with Gasteiger partial charge in [0.05, 0.1) is 6.42 Å². The second kappa shape index (κ2) is 5.23. The number of anilines is 2. The highest BCUT2D eigenvalue weighted by molar-refractivity contribution is 5.92. The molecule has 0 bridgehead atoms. The first kappa shape index (κ1) is 12.0. The largest absolute Gasteiger partial charge is 0.508 e. The molecule has 0 aliphatic rings. The molecule has 2 rings (SSSR count). The normalized spacial score (nSPS) is 10.0. The number of hydrogen-bond acceptors (Lipinski definition) is 3. The lowest BCUT2D eigenvalue weighted by molar-refractivity contribution is -0.115. The maximum Gasteiger partial charge on any atom is 0.228 e. The van der Waals surface area contributed by atoms with Crippen molar-refractivity contribution in [3.8, 4) is 5.75 Å². The smallest absolute Gasteiger partial charge is 0.228 e. The van der Waals surface area contributed by atoms with Crippen LogP contribution in [0, 0.1) is 0 Å². The SMILES string of the molecule is Nc1ccc(NC(=O)Cc2ccccc2O)cc1. The van der Waals surface area contributed by atoms with Gasteiger partial charge >= 0.3 is 0 Å². The van der Waals surface area contributed by atoms with Gasteiger partial charge in [-0.25, -0.2) is 0 Å². The highest BCUT2D eigenvalue weighted by Crippen LogP contribution is 2.17. The maximum absolute atomic E-state index is 11.8. The maximum atomic E-state index is 11.8. The molecule has 0 atom stereocenters. The third-order valence-corrected chi connectivity index (χ3v) is 2.54. The van der Waals surface area contributed by atoms with Crippen LogP contribution in [-0.2, 0) is 11.2 Å². The number of nitrogen functional groups attached to an aromatic ring is 1. The van der Waals surface area contributed by atoms with Gasteiger partial charge in [0.2, 0.25) is 5.91 Å². The second-order valence-corrected chi connectivity index (χ2v) is 3.98. The summed E-state index contributed by atoms with van der Waals surface area (Å²) in [5.41, 5.74) is 7.49. The fourth-order valence-corrected chi connectivity index (χ4v) is 1.60. The van der Waals surface area contributed by atoms with Crippen LogP contribution >= 0.6 is 0 Å². The lowest BCUT2D eigenvalue weighted by Gasteiger charge is -2.06. The summed E-state index contributed by atoms with van der Waals surface area (Å²) in [7, 11) is 0. The molecule has 0 unspecified atom stereocenters. The van der Waals surface area contributed by atoms with E-state index in [0.29, 0.717) is 16.9 Å².